The summed E-state index contributed by atoms with van der Waals surface area (Å²) < 4.78 is 5.38. The van der Waals surface area contributed by atoms with Crippen molar-refractivity contribution in [3.63, 3.8) is 0 Å². The molecule has 1 aliphatic rings. The lowest BCUT2D eigenvalue weighted by Crippen LogP contribution is -2.35. The first-order chi connectivity index (χ1) is 8.70. The maximum Gasteiger partial charge on any atom is 0.0916 e. The molecule has 1 unspecified atom stereocenters. The maximum absolute atomic E-state index is 5.38. The Balaban J connectivity index is 2.05. The third kappa shape index (κ3) is 3.34. The van der Waals surface area contributed by atoms with Crippen LogP contribution in [0.3, 0.4) is 0 Å². The molecule has 0 bridgehead atoms. The van der Waals surface area contributed by atoms with Gasteiger partial charge in [-0.1, -0.05) is 5.57 Å². The van der Waals surface area contributed by atoms with Crippen molar-refractivity contribution in [3.05, 3.63) is 22.6 Å². The Morgan fingerprint density at radius 3 is 2.83 bits per heavy atom. The summed E-state index contributed by atoms with van der Waals surface area (Å²) in [5.41, 5.74) is 1.37. The van der Waals surface area contributed by atoms with E-state index in [9.17, 15) is 0 Å². The summed E-state index contributed by atoms with van der Waals surface area (Å²) in [4.78, 5) is 3.73. The van der Waals surface area contributed by atoms with Crippen LogP contribution in [0, 0.1) is 0 Å². The van der Waals surface area contributed by atoms with E-state index >= 15 is 0 Å². The molecule has 2 rings (SSSR count). The topological polar surface area (TPSA) is 24.5 Å². The predicted molar refractivity (Wildman–Crippen MR) is 79.5 cm³/mol. The van der Waals surface area contributed by atoms with Crippen LogP contribution in [-0.4, -0.2) is 39.4 Å². The van der Waals surface area contributed by atoms with Crippen LogP contribution in [0.25, 0.3) is 6.08 Å². The van der Waals surface area contributed by atoms with Gasteiger partial charge in [0.1, 0.15) is 0 Å². The fourth-order valence-corrected chi connectivity index (χ4v) is 3.02. The van der Waals surface area contributed by atoms with Gasteiger partial charge in [-0.05, 0) is 39.1 Å². The van der Waals surface area contributed by atoms with Gasteiger partial charge in [0.2, 0.25) is 0 Å². The van der Waals surface area contributed by atoms with Crippen molar-refractivity contribution < 1.29 is 4.74 Å². The van der Waals surface area contributed by atoms with Crippen molar-refractivity contribution in [3.8, 4) is 0 Å². The van der Waals surface area contributed by atoms with Crippen LogP contribution in [0.5, 0.6) is 0 Å². The van der Waals surface area contributed by atoms with Gasteiger partial charge in [0.15, 0.2) is 0 Å². The van der Waals surface area contributed by atoms with E-state index in [1.807, 2.05) is 18.4 Å². The van der Waals surface area contributed by atoms with Crippen LogP contribution in [0.1, 0.15) is 18.7 Å². The highest BCUT2D eigenvalue weighted by Gasteiger charge is 2.12. The molecule has 1 fully saturated rings. The largest absolute Gasteiger partial charge is 0.378 e. The van der Waals surface area contributed by atoms with Crippen LogP contribution in [0.15, 0.2) is 17.7 Å². The Morgan fingerprint density at radius 1 is 1.44 bits per heavy atom. The summed E-state index contributed by atoms with van der Waals surface area (Å²) >= 11 is 1.86. The quantitative estimate of drug-likeness (QED) is 0.906. The summed E-state index contributed by atoms with van der Waals surface area (Å²) in [6.07, 6.45) is 2.27. The molecule has 0 radical (unpaired) electrons. The summed E-state index contributed by atoms with van der Waals surface area (Å²) in [7, 11) is 2.00. The Hall–Kier alpha value is -0.840. The molecule has 100 valence electrons. The van der Waals surface area contributed by atoms with E-state index in [1.165, 1.54) is 15.5 Å². The summed E-state index contributed by atoms with van der Waals surface area (Å²) in [6, 6.07) is 4.86. The van der Waals surface area contributed by atoms with Gasteiger partial charge in [-0.2, -0.15) is 0 Å². The third-order valence-electron chi connectivity index (χ3n) is 3.42. The molecule has 18 heavy (non-hydrogen) atoms. The second-order valence-electron chi connectivity index (χ2n) is 4.67. The van der Waals surface area contributed by atoms with Crippen molar-refractivity contribution in [1.82, 2.24) is 5.32 Å². The van der Waals surface area contributed by atoms with Crippen LogP contribution in [-0.2, 0) is 4.74 Å². The van der Waals surface area contributed by atoms with E-state index in [4.69, 9.17) is 4.74 Å². The molecular formula is C14H22N2OS. The van der Waals surface area contributed by atoms with Gasteiger partial charge in [0.25, 0.3) is 0 Å². The van der Waals surface area contributed by atoms with Crippen molar-refractivity contribution in [2.24, 2.45) is 0 Å². The van der Waals surface area contributed by atoms with Crippen molar-refractivity contribution in [1.29, 1.82) is 0 Å². The zero-order chi connectivity index (χ0) is 13.0. The van der Waals surface area contributed by atoms with E-state index in [2.05, 4.69) is 42.3 Å². The minimum Gasteiger partial charge on any atom is -0.378 e. The molecule has 2 heterocycles. The highest BCUT2D eigenvalue weighted by molar-refractivity contribution is 7.16. The number of thiophene rings is 1. The first-order valence-corrected chi connectivity index (χ1v) is 7.30. The van der Waals surface area contributed by atoms with Crippen LogP contribution < -0.4 is 10.2 Å². The first-order valence-electron chi connectivity index (χ1n) is 6.48. The van der Waals surface area contributed by atoms with Crippen LogP contribution >= 0.6 is 11.3 Å². The molecule has 1 saturated heterocycles. The lowest BCUT2D eigenvalue weighted by molar-refractivity contribution is 0.123. The summed E-state index contributed by atoms with van der Waals surface area (Å²) in [5, 5.41) is 4.62. The zero-order valence-corrected chi connectivity index (χ0v) is 12.2. The predicted octanol–water partition coefficient (Wildman–Crippen LogP) is 2.60. The number of rotatable bonds is 4. The molecule has 0 aliphatic carbocycles. The van der Waals surface area contributed by atoms with E-state index in [0.717, 1.165) is 26.3 Å². The molecule has 0 spiro atoms. The average molecular weight is 266 g/mol. The Bertz CT molecular complexity index is 408. The Labute approximate surface area is 113 Å². The average Bonchev–Trinajstić information content (AvgIpc) is 2.87. The second-order valence-corrected chi connectivity index (χ2v) is 5.77. The molecule has 0 amide bonds. The molecule has 4 heteroatoms. The number of nitrogens with zero attached hydrogens (tertiary/aromatic N) is 1. The van der Waals surface area contributed by atoms with Gasteiger partial charge in [-0.25, -0.2) is 0 Å². The SMILES string of the molecule is CNC(C)/C(C)=C/c1ccc(N2CCOCC2)s1. The summed E-state index contributed by atoms with van der Waals surface area (Å²) in [5.74, 6) is 0. The molecule has 1 aromatic heterocycles. The number of hydrogen-bond acceptors (Lipinski definition) is 4. The number of nitrogens with one attached hydrogen (secondary N) is 1. The van der Waals surface area contributed by atoms with E-state index in [1.54, 1.807) is 0 Å². The minimum absolute atomic E-state index is 0.430. The molecule has 3 nitrogen and oxygen atoms in total. The lowest BCUT2D eigenvalue weighted by atomic mass is 10.1. The van der Waals surface area contributed by atoms with Crippen molar-refractivity contribution in [2.45, 2.75) is 19.9 Å². The van der Waals surface area contributed by atoms with Gasteiger partial charge >= 0.3 is 0 Å². The number of anilines is 1. The molecule has 1 aliphatic heterocycles. The van der Waals surface area contributed by atoms with Gasteiger partial charge in [-0.3, -0.25) is 0 Å². The number of hydrogen-bond donors (Lipinski definition) is 1. The molecule has 1 atom stereocenters. The van der Waals surface area contributed by atoms with Crippen molar-refractivity contribution >= 4 is 22.4 Å². The first kappa shape index (κ1) is 13.6. The molecule has 0 saturated carbocycles. The number of morpholine rings is 1. The smallest absolute Gasteiger partial charge is 0.0916 e. The van der Waals surface area contributed by atoms with E-state index in [-0.39, 0.29) is 0 Å². The number of likely N-dealkylation sites (N-methyl/N-ethyl adjacent to an activating group) is 1. The van der Waals surface area contributed by atoms with E-state index < -0.39 is 0 Å². The highest BCUT2D eigenvalue weighted by atomic mass is 32.1. The molecule has 1 N–H and O–H groups in total. The molecule has 1 aromatic rings. The minimum atomic E-state index is 0.430. The lowest BCUT2D eigenvalue weighted by Gasteiger charge is -2.27. The van der Waals surface area contributed by atoms with Crippen LogP contribution in [0.2, 0.25) is 0 Å². The Morgan fingerprint density at radius 2 is 2.17 bits per heavy atom. The summed E-state index contributed by atoms with van der Waals surface area (Å²) in [6.45, 7) is 8.07. The van der Waals surface area contributed by atoms with Crippen LogP contribution in [0.4, 0.5) is 5.00 Å². The Kier molecular flexibility index (Phi) is 4.80. The highest BCUT2D eigenvalue weighted by Crippen LogP contribution is 2.28. The standard InChI is InChI=1S/C14H22N2OS/c1-11(12(2)15-3)10-13-4-5-14(18-13)16-6-8-17-9-7-16/h4-5,10,12,15H,6-9H2,1-3H3/b11-10+. The number of ether oxygens (including phenoxy) is 1. The maximum atomic E-state index is 5.38. The molecule has 0 aromatic carbocycles. The second kappa shape index (κ2) is 6.36. The fraction of sp³-hybridized carbons (Fsp3) is 0.571. The van der Waals surface area contributed by atoms with Gasteiger partial charge < -0.3 is 15.0 Å². The molecular weight excluding hydrogens is 244 g/mol. The van der Waals surface area contributed by atoms with Gasteiger partial charge in [0, 0.05) is 24.0 Å². The monoisotopic (exact) mass is 266 g/mol. The fourth-order valence-electron chi connectivity index (χ4n) is 1.95. The van der Waals surface area contributed by atoms with Gasteiger partial charge in [-0.15, -0.1) is 11.3 Å². The normalized spacial score (nSPS) is 19.1. The van der Waals surface area contributed by atoms with Gasteiger partial charge in [0.05, 0.1) is 18.2 Å². The zero-order valence-electron chi connectivity index (χ0n) is 11.4. The van der Waals surface area contributed by atoms with Crippen molar-refractivity contribution in [2.75, 3.05) is 38.3 Å². The third-order valence-corrected chi connectivity index (χ3v) is 4.51. The van der Waals surface area contributed by atoms with E-state index in [0.29, 0.717) is 6.04 Å².